The summed E-state index contributed by atoms with van der Waals surface area (Å²) in [5, 5.41) is 19.3. The van der Waals surface area contributed by atoms with E-state index in [9.17, 15) is 5.11 Å². The van der Waals surface area contributed by atoms with Crippen LogP contribution in [0.2, 0.25) is 5.02 Å². The Balaban J connectivity index is 1.06. The molecule has 3 aliphatic heterocycles. The van der Waals surface area contributed by atoms with Gasteiger partial charge < -0.3 is 25.5 Å². The number of likely N-dealkylation sites (tertiary alicyclic amines) is 1. The molecule has 9 nitrogen and oxygen atoms in total. The van der Waals surface area contributed by atoms with Gasteiger partial charge in [-0.15, -0.1) is 10.2 Å². The number of nitrogens with zero attached hydrogens (tertiary/aromatic N) is 7. The van der Waals surface area contributed by atoms with Crippen LogP contribution in [0.4, 0.5) is 17.5 Å². The molecule has 1 aromatic carbocycles. The number of rotatable bonds is 5. The number of halogens is 1. The zero-order chi connectivity index (χ0) is 27.9. The molecule has 0 spiro atoms. The third-order valence-corrected chi connectivity index (χ3v) is 10.1. The van der Waals surface area contributed by atoms with E-state index in [1.807, 2.05) is 12.3 Å². The zero-order valence-electron chi connectivity index (χ0n) is 23.5. The largest absolute Gasteiger partial charge is 0.506 e. The maximum Gasteiger partial charge on any atom is 0.226 e. The smallest absolute Gasteiger partial charge is 0.226 e. The molecule has 1 saturated carbocycles. The van der Waals surface area contributed by atoms with Crippen LogP contribution >= 0.6 is 11.6 Å². The number of phenolic OH excluding ortho intramolecular Hbond substituents is 1. The molecule has 2 atom stereocenters. The van der Waals surface area contributed by atoms with E-state index in [1.165, 1.54) is 63.7 Å². The number of piperidine rings is 1. The molecule has 216 valence electrons. The fourth-order valence-corrected chi connectivity index (χ4v) is 7.82. The van der Waals surface area contributed by atoms with Crippen molar-refractivity contribution in [2.75, 3.05) is 41.7 Å². The molecule has 2 unspecified atom stereocenters. The summed E-state index contributed by atoms with van der Waals surface area (Å²) in [6.07, 6.45) is 13.5. The first-order chi connectivity index (χ1) is 20.0. The average molecular weight is 575 g/mol. The summed E-state index contributed by atoms with van der Waals surface area (Å²) in [6, 6.07) is 10.7. The fraction of sp³-hybridized carbons (Fsp3) is 0.548. The van der Waals surface area contributed by atoms with E-state index in [1.54, 1.807) is 18.2 Å². The van der Waals surface area contributed by atoms with Crippen molar-refractivity contribution in [2.24, 2.45) is 0 Å². The highest BCUT2D eigenvalue weighted by Gasteiger charge is 2.42. The number of hydrogen-bond acceptors (Lipinski definition) is 9. The van der Waals surface area contributed by atoms with Crippen LogP contribution in [-0.4, -0.2) is 74.5 Å². The molecule has 0 radical (unpaired) electrons. The van der Waals surface area contributed by atoms with Gasteiger partial charge in [0, 0.05) is 54.6 Å². The highest BCUT2D eigenvalue weighted by atomic mass is 35.5. The summed E-state index contributed by atoms with van der Waals surface area (Å²) in [5.74, 6) is 1.77. The van der Waals surface area contributed by atoms with Crippen LogP contribution in [0, 0.1) is 0 Å². The van der Waals surface area contributed by atoms with E-state index in [0.29, 0.717) is 35.1 Å². The normalized spacial score (nSPS) is 24.2. The molecule has 4 fully saturated rings. The van der Waals surface area contributed by atoms with Gasteiger partial charge in [-0.25, -0.2) is 9.97 Å². The van der Waals surface area contributed by atoms with E-state index in [0.717, 1.165) is 43.6 Å². The fourth-order valence-electron chi connectivity index (χ4n) is 7.64. The molecule has 5 heterocycles. The van der Waals surface area contributed by atoms with Crippen LogP contribution in [0.25, 0.3) is 11.3 Å². The van der Waals surface area contributed by atoms with Gasteiger partial charge in [0.1, 0.15) is 5.75 Å². The Hall–Kier alpha value is -3.17. The predicted molar refractivity (Wildman–Crippen MR) is 163 cm³/mol. The zero-order valence-corrected chi connectivity index (χ0v) is 24.3. The highest BCUT2D eigenvalue weighted by molar-refractivity contribution is 6.32. The predicted octanol–water partition coefficient (Wildman–Crippen LogP) is 5.24. The van der Waals surface area contributed by atoms with E-state index in [2.05, 4.69) is 31.0 Å². The standard InChI is InChI=1S/C31H39ClN8O/c32-25-8-4-7-24(29(25)41)27-17-28(30(33)37-36-27)39-18-22-9-10-23(19-39)40(22)31-34-14-11-26(35-31)20-12-15-38(16-13-20)21-5-2-1-3-6-21/h4,7-8,11,14,17,20-23,41H,1-3,5-6,9-10,12-13,15-16,18-19H2,(H2,33,37). The Morgan fingerprint density at radius 2 is 1.63 bits per heavy atom. The van der Waals surface area contributed by atoms with Gasteiger partial charge in [0.25, 0.3) is 0 Å². The molecular formula is C31H39ClN8O. The SMILES string of the molecule is Nc1nnc(-c2cccc(Cl)c2O)cc1N1CC2CCC(C1)N2c1nccc(C2CCN(C3CCCCC3)CC2)n1. The van der Waals surface area contributed by atoms with Crippen LogP contribution in [0.1, 0.15) is 69.4 Å². The van der Waals surface area contributed by atoms with Gasteiger partial charge in [0.2, 0.25) is 5.95 Å². The lowest BCUT2D eigenvalue weighted by Gasteiger charge is -2.42. The van der Waals surface area contributed by atoms with Gasteiger partial charge in [-0.3, -0.25) is 0 Å². The maximum atomic E-state index is 10.5. The highest BCUT2D eigenvalue weighted by Crippen LogP contribution is 2.40. The third kappa shape index (κ3) is 5.18. The number of aromatic hydroxyl groups is 1. The molecule has 0 amide bonds. The summed E-state index contributed by atoms with van der Waals surface area (Å²) < 4.78 is 0. The molecule has 3 aromatic rings. The van der Waals surface area contributed by atoms with Gasteiger partial charge in [-0.1, -0.05) is 36.9 Å². The van der Waals surface area contributed by atoms with Crippen molar-refractivity contribution in [2.45, 2.75) is 81.8 Å². The minimum atomic E-state index is 0.000711. The van der Waals surface area contributed by atoms with Crippen molar-refractivity contribution >= 4 is 29.1 Å². The van der Waals surface area contributed by atoms with E-state index < -0.39 is 0 Å². The van der Waals surface area contributed by atoms with Crippen molar-refractivity contribution in [1.29, 1.82) is 0 Å². The lowest BCUT2D eigenvalue weighted by atomic mass is 9.89. The summed E-state index contributed by atoms with van der Waals surface area (Å²) in [4.78, 5) is 17.4. The Kier molecular flexibility index (Phi) is 7.33. The number of benzene rings is 1. The van der Waals surface area contributed by atoms with Crippen molar-refractivity contribution in [1.82, 2.24) is 25.1 Å². The number of nitrogens with two attached hydrogens (primary N) is 1. The topological polar surface area (TPSA) is 108 Å². The monoisotopic (exact) mass is 574 g/mol. The third-order valence-electron chi connectivity index (χ3n) is 9.82. The van der Waals surface area contributed by atoms with E-state index in [4.69, 9.17) is 27.3 Å². The molecule has 1 aliphatic carbocycles. The molecule has 41 heavy (non-hydrogen) atoms. The van der Waals surface area contributed by atoms with Gasteiger partial charge in [0.05, 0.1) is 16.4 Å². The Labute approximate surface area is 246 Å². The van der Waals surface area contributed by atoms with Crippen LogP contribution in [0.3, 0.4) is 0 Å². The minimum absolute atomic E-state index is 0.000711. The minimum Gasteiger partial charge on any atom is -0.506 e. The van der Waals surface area contributed by atoms with Gasteiger partial charge in [0.15, 0.2) is 5.82 Å². The second-order valence-corrected chi connectivity index (χ2v) is 12.6. The van der Waals surface area contributed by atoms with Gasteiger partial charge >= 0.3 is 0 Å². The second kappa shape index (κ2) is 11.2. The first kappa shape index (κ1) is 26.7. The van der Waals surface area contributed by atoms with Crippen LogP contribution in [0.5, 0.6) is 5.75 Å². The Morgan fingerprint density at radius 3 is 2.39 bits per heavy atom. The molecule has 2 aromatic heterocycles. The van der Waals surface area contributed by atoms with Crippen molar-refractivity contribution in [3.8, 4) is 17.0 Å². The molecule has 7 rings (SSSR count). The summed E-state index contributed by atoms with van der Waals surface area (Å²) in [5.41, 5.74) is 9.47. The molecule has 3 N–H and O–H groups in total. The van der Waals surface area contributed by atoms with E-state index >= 15 is 0 Å². The Morgan fingerprint density at radius 1 is 0.878 bits per heavy atom. The Bertz CT molecular complexity index is 1380. The van der Waals surface area contributed by atoms with Crippen molar-refractivity contribution in [3.05, 3.63) is 47.2 Å². The number of piperazine rings is 1. The van der Waals surface area contributed by atoms with Gasteiger partial charge in [-0.2, -0.15) is 0 Å². The summed E-state index contributed by atoms with van der Waals surface area (Å²) in [7, 11) is 0. The first-order valence-electron chi connectivity index (χ1n) is 15.3. The molecule has 4 aliphatic rings. The summed E-state index contributed by atoms with van der Waals surface area (Å²) >= 11 is 6.15. The number of para-hydroxylation sites is 1. The average Bonchev–Trinajstić information content (AvgIpc) is 3.28. The van der Waals surface area contributed by atoms with Crippen molar-refractivity contribution < 1.29 is 5.11 Å². The maximum absolute atomic E-state index is 10.5. The van der Waals surface area contributed by atoms with Crippen LogP contribution in [0.15, 0.2) is 36.5 Å². The molecule has 2 bridgehead atoms. The summed E-state index contributed by atoms with van der Waals surface area (Å²) in [6.45, 7) is 3.99. The molecule has 3 saturated heterocycles. The molecular weight excluding hydrogens is 536 g/mol. The van der Waals surface area contributed by atoms with Crippen LogP contribution in [-0.2, 0) is 0 Å². The number of fused-ring (bicyclic) bond motifs is 2. The lowest BCUT2D eigenvalue weighted by molar-refractivity contribution is 0.121. The van der Waals surface area contributed by atoms with Crippen molar-refractivity contribution in [3.63, 3.8) is 0 Å². The lowest BCUT2D eigenvalue weighted by Crippen LogP contribution is -2.54. The van der Waals surface area contributed by atoms with Gasteiger partial charge in [-0.05, 0) is 75.9 Å². The molecule has 10 heteroatoms. The van der Waals surface area contributed by atoms with E-state index in [-0.39, 0.29) is 10.8 Å². The number of nitrogen functional groups attached to an aromatic ring is 1. The van der Waals surface area contributed by atoms with Crippen LogP contribution < -0.4 is 15.5 Å². The number of anilines is 3. The number of hydrogen-bond donors (Lipinski definition) is 2. The number of aromatic nitrogens is 4. The second-order valence-electron chi connectivity index (χ2n) is 12.2. The quantitative estimate of drug-likeness (QED) is 0.422. The number of phenols is 1. The first-order valence-corrected chi connectivity index (χ1v) is 15.6.